The van der Waals surface area contributed by atoms with Gasteiger partial charge >= 0.3 is 0 Å². The number of hydrogen-bond acceptors (Lipinski definition) is 2. The molecule has 0 saturated carbocycles. The van der Waals surface area contributed by atoms with Crippen LogP contribution >= 0.6 is 0 Å². The molecule has 0 N–H and O–H groups in total. The zero-order valence-corrected chi connectivity index (χ0v) is 12.4. The summed E-state index contributed by atoms with van der Waals surface area (Å²) in [6.07, 6.45) is 7.52. The number of rotatable bonds is 5. The van der Waals surface area contributed by atoms with E-state index in [1.54, 1.807) is 0 Å². The Labute approximate surface area is 126 Å². The van der Waals surface area contributed by atoms with E-state index in [4.69, 9.17) is 0 Å². The van der Waals surface area contributed by atoms with Crippen molar-refractivity contribution in [1.82, 2.24) is 4.90 Å². The van der Waals surface area contributed by atoms with Gasteiger partial charge in [0.05, 0.1) is 0 Å². The van der Waals surface area contributed by atoms with Crippen LogP contribution in [0.5, 0.6) is 0 Å². The molecule has 2 heterocycles. The minimum atomic E-state index is 0.177. The van der Waals surface area contributed by atoms with Crippen LogP contribution in [-0.4, -0.2) is 29.2 Å². The van der Waals surface area contributed by atoms with Gasteiger partial charge in [0.2, 0.25) is 5.91 Å². The van der Waals surface area contributed by atoms with Crippen molar-refractivity contribution >= 4 is 12.2 Å². The van der Waals surface area contributed by atoms with Gasteiger partial charge in [-0.15, -0.1) is 0 Å². The number of carbonyl (C=O) groups excluding carboxylic acids is 2. The van der Waals surface area contributed by atoms with Crippen molar-refractivity contribution in [2.45, 2.75) is 57.0 Å². The van der Waals surface area contributed by atoms with Crippen LogP contribution in [0.1, 0.15) is 44.1 Å². The summed E-state index contributed by atoms with van der Waals surface area (Å²) in [6.45, 7) is 0. The molecule has 2 aliphatic heterocycles. The van der Waals surface area contributed by atoms with Gasteiger partial charge in [-0.25, -0.2) is 0 Å². The first-order valence-corrected chi connectivity index (χ1v) is 8.08. The SMILES string of the molecule is O=C[C@@H]1C[C@H]2CC[C@@H](C1)N2C(=O)CCCc1ccccc1. The molecule has 0 aromatic heterocycles. The summed E-state index contributed by atoms with van der Waals surface area (Å²) < 4.78 is 0. The van der Waals surface area contributed by atoms with Crippen LogP contribution < -0.4 is 0 Å². The Hall–Kier alpha value is -1.64. The van der Waals surface area contributed by atoms with Crippen LogP contribution in [0.4, 0.5) is 0 Å². The Bertz CT molecular complexity index is 485. The highest BCUT2D eigenvalue weighted by Crippen LogP contribution is 2.38. The normalized spacial score (nSPS) is 27.6. The molecule has 1 aromatic rings. The van der Waals surface area contributed by atoms with E-state index < -0.39 is 0 Å². The standard InChI is InChI=1S/C18H23NO2/c20-13-15-11-16-9-10-17(12-15)19(16)18(21)8-4-7-14-5-2-1-3-6-14/h1-3,5-6,13,15-17H,4,7-12H2/t15-,16-,17+. The molecule has 0 unspecified atom stereocenters. The number of piperidine rings is 1. The monoisotopic (exact) mass is 285 g/mol. The molecule has 1 aromatic carbocycles. The molecule has 3 rings (SSSR count). The van der Waals surface area contributed by atoms with Gasteiger partial charge in [-0.3, -0.25) is 4.79 Å². The maximum atomic E-state index is 12.5. The summed E-state index contributed by atoms with van der Waals surface area (Å²) in [6, 6.07) is 11.0. The summed E-state index contributed by atoms with van der Waals surface area (Å²) in [5, 5.41) is 0. The van der Waals surface area contributed by atoms with E-state index in [0.717, 1.165) is 44.8 Å². The second kappa shape index (κ2) is 6.42. The molecular weight excluding hydrogens is 262 g/mol. The number of amides is 1. The average Bonchev–Trinajstić information content (AvgIpc) is 2.78. The summed E-state index contributed by atoms with van der Waals surface area (Å²) in [4.78, 5) is 25.6. The minimum absolute atomic E-state index is 0.177. The van der Waals surface area contributed by atoms with Crippen molar-refractivity contribution in [3.05, 3.63) is 35.9 Å². The van der Waals surface area contributed by atoms with E-state index >= 15 is 0 Å². The lowest BCUT2D eigenvalue weighted by Gasteiger charge is -2.37. The number of nitrogens with zero attached hydrogens (tertiary/aromatic N) is 1. The van der Waals surface area contributed by atoms with Gasteiger partial charge < -0.3 is 9.69 Å². The lowest BCUT2D eigenvalue weighted by atomic mass is 9.91. The number of benzene rings is 1. The van der Waals surface area contributed by atoms with Crippen molar-refractivity contribution in [2.75, 3.05) is 0 Å². The third kappa shape index (κ3) is 3.17. The summed E-state index contributed by atoms with van der Waals surface area (Å²) >= 11 is 0. The van der Waals surface area contributed by atoms with Crippen LogP contribution in [0, 0.1) is 5.92 Å². The van der Waals surface area contributed by atoms with Gasteiger partial charge in [-0.2, -0.15) is 0 Å². The van der Waals surface area contributed by atoms with Gasteiger partial charge in [0.1, 0.15) is 6.29 Å². The second-order valence-electron chi connectivity index (χ2n) is 6.39. The predicted molar refractivity (Wildman–Crippen MR) is 81.8 cm³/mol. The van der Waals surface area contributed by atoms with Crippen LogP contribution in [0.25, 0.3) is 0 Å². The topological polar surface area (TPSA) is 37.4 Å². The molecule has 0 radical (unpaired) electrons. The fourth-order valence-electron chi connectivity index (χ4n) is 3.95. The molecule has 1 amide bonds. The molecule has 112 valence electrons. The van der Waals surface area contributed by atoms with Crippen molar-refractivity contribution in [2.24, 2.45) is 5.92 Å². The highest BCUT2D eigenvalue weighted by molar-refractivity contribution is 5.77. The zero-order chi connectivity index (χ0) is 14.7. The van der Waals surface area contributed by atoms with Crippen LogP contribution in [-0.2, 0) is 16.0 Å². The molecule has 0 spiro atoms. The fraction of sp³-hybridized carbons (Fsp3) is 0.556. The van der Waals surface area contributed by atoms with Crippen molar-refractivity contribution < 1.29 is 9.59 Å². The van der Waals surface area contributed by atoms with Crippen molar-refractivity contribution in [1.29, 1.82) is 0 Å². The van der Waals surface area contributed by atoms with Gasteiger partial charge in [0, 0.05) is 24.4 Å². The molecule has 3 heteroatoms. The predicted octanol–water partition coefficient (Wildman–Crippen LogP) is 2.98. The van der Waals surface area contributed by atoms with E-state index in [2.05, 4.69) is 17.0 Å². The van der Waals surface area contributed by atoms with Crippen molar-refractivity contribution in [3.8, 4) is 0 Å². The maximum absolute atomic E-state index is 12.5. The molecule has 3 atom stereocenters. The summed E-state index contributed by atoms with van der Waals surface area (Å²) in [7, 11) is 0. The minimum Gasteiger partial charge on any atom is -0.337 e. The Morgan fingerprint density at radius 1 is 1.14 bits per heavy atom. The Morgan fingerprint density at radius 2 is 1.81 bits per heavy atom. The number of aldehydes is 1. The van der Waals surface area contributed by atoms with Gasteiger partial charge in [0.15, 0.2) is 0 Å². The molecule has 2 aliphatic rings. The number of fused-ring (bicyclic) bond motifs is 2. The smallest absolute Gasteiger partial charge is 0.223 e. The fourth-order valence-corrected chi connectivity index (χ4v) is 3.95. The zero-order valence-electron chi connectivity index (χ0n) is 12.4. The second-order valence-corrected chi connectivity index (χ2v) is 6.39. The first kappa shape index (κ1) is 14.3. The van der Waals surface area contributed by atoms with E-state index in [1.165, 1.54) is 5.56 Å². The number of aryl methyl sites for hydroxylation is 1. The van der Waals surface area contributed by atoms with E-state index in [1.807, 2.05) is 18.2 Å². The van der Waals surface area contributed by atoms with Gasteiger partial charge in [-0.1, -0.05) is 30.3 Å². The highest BCUT2D eigenvalue weighted by Gasteiger charge is 2.42. The lowest BCUT2D eigenvalue weighted by molar-refractivity contribution is -0.137. The van der Waals surface area contributed by atoms with E-state index in [9.17, 15) is 9.59 Å². The van der Waals surface area contributed by atoms with Crippen molar-refractivity contribution in [3.63, 3.8) is 0 Å². The van der Waals surface area contributed by atoms with E-state index in [-0.39, 0.29) is 5.92 Å². The Balaban J connectivity index is 1.51. The first-order valence-electron chi connectivity index (χ1n) is 8.08. The summed E-state index contributed by atoms with van der Waals surface area (Å²) in [5.74, 6) is 0.471. The maximum Gasteiger partial charge on any atom is 0.223 e. The number of carbonyl (C=O) groups is 2. The average molecular weight is 285 g/mol. The number of hydrogen-bond donors (Lipinski definition) is 0. The molecular formula is C18H23NO2. The van der Waals surface area contributed by atoms with Gasteiger partial charge in [-0.05, 0) is 44.1 Å². The molecule has 0 aliphatic carbocycles. The lowest BCUT2D eigenvalue weighted by Crippen LogP contribution is -2.46. The molecule has 21 heavy (non-hydrogen) atoms. The Kier molecular flexibility index (Phi) is 4.37. The van der Waals surface area contributed by atoms with Crippen LogP contribution in [0.3, 0.4) is 0 Å². The third-order valence-electron chi connectivity index (χ3n) is 4.95. The molecule has 3 nitrogen and oxygen atoms in total. The quantitative estimate of drug-likeness (QED) is 0.780. The van der Waals surface area contributed by atoms with Gasteiger partial charge in [0.25, 0.3) is 0 Å². The highest BCUT2D eigenvalue weighted by atomic mass is 16.2. The molecule has 2 saturated heterocycles. The van der Waals surface area contributed by atoms with Crippen LogP contribution in [0.2, 0.25) is 0 Å². The first-order chi connectivity index (χ1) is 10.3. The molecule has 2 bridgehead atoms. The third-order valence-corrected chi connectivity index (χ3v) is 4.95. The molecule has 2 fully saturated rings. The summed E-state index contributed by atoms with van der Waals surface area (Å²) in [5.41, 5.74) is 1.30. The largest absolute Gasteiger partial charge is 0.337 e. The Morgan fingerprint density at radius 3 is 2.43 bits per heavy atom. The van der Waals surface area contributed by atoms with E-state index in [0.29, 0.717) is 24.4 Å². The van der Waals surface area contributed by atoms with Crippen LogP contribution in [0.15, 0.2) is 30.3 Å².